The molecule has 0 saturated carbocycles. The summed E-state index contributed by atoms with van der Waals surface area (Å²) in [4.78, 5) is 32.2. The number of nitrogens with zero attached hydrogens (tertiary/aromatic N) is 1. The average molecular weight is 485 g/mol. The van der Waals surface area contributed by atoms with Crippen LogP contribution in [-0.4, -0.2) is 75.1 Å². The molecule has 0 aliphatic heterocycles. The van der Waals surface area contributed by atoms with E-state index < -0.39 is 24.2 Å². The molecular formula is C22H38F4N3O4+. The van der Waals surface area contributed by atoms with Crippen LogP contribution in [0.15, 0.2) is 12.7 Å². The van der Waals surface area contributed by atoms with E-state index in [1.807, 2.05) is 12.4 Å². The summed E-state index contributed by atoms with van der Waals surface area (Å²) in [5, 5.41) is 3.98. The van der Waals surface area contributed by atoms with Gasteiger partial charge in [-0.1, -0.05) is 32.3 Å². The van der Waals surface area contributed by atoms with E-state index in [1.54, 1.807) is 0 Å². The fourth-order valence-electron chi connectivity index (χ4n) is 3.46. The van der Waals surface area contributed by atoms with E-state index >= 15 is 0 Å². The molecule has 33 heavy (non-hydrogen) atoms. The molecule has 0 aromatic carbocycles. The molecular weight excluding hydrogens is 446 g/mol. The third-order valence-corrected chi connectivity index (χ3v) is 5.31. The number of nitrogens with one attached hydrogen (secondary N) is 2. The SMILES string of the molecule is C=CC(=O)OCCCCCCCCC[N+](C)(CCCNC(=O)F)CCCNC(=O)C(F)(F)F. The largest absolute Gasteiger partial charge is 0.471 e. The highest BCUT2D eigenvalue weighted by Gasteiger charge is 2.38. The Morgan fingerprint density at radius 2 is 1.33 bits per heavy atom. The average Bonchev–Trinajstić information content (AvgIpc) is 2.74. The standard InChI is InChI=1S/C22H37F4N3O4/c1-3-19(30)33-18-10-8-6-4-5-7-9-15-29(2,17-12-14-28-21(23)32)16-11-13-27-20(31)22(24,25)26/h3H,1,4-18H2,2H3,(H-,27,28,31,32)/p+1. The van der Waals surface area contributed by atoms with Crippen molar-refractivity contribution in [2.45, 2.75) is 64.0 Å². The Morgan fingerprint density at radius 3 is 1.85 bits per heavy atom. The molecule has 2 N–H and O–H groups in total. The van der Waals surface area contributed by atoms with E-state index in [2.05, 4.69) is 11.9 Å². The topological polar surface area (TPSA) is 84.5 Å². The van der Waals surface area contributed by atoms with Gasteiger partial charge in [-0.3, -0.25) is 4.79 Å². The van der Waals surface area contributed by atoms with Gasteiger partial charge in [-0.25, -0.2) is 9.59 Å². The summed E-state index contributed by atoms with van der Waals surface area (Å²) in [5.74, 6) is -2.35. The molecule has 192 valence electrons. The molecule has 0 aliphatic rings. The van der Waals surface area contributed by atoms with E-state index in [1.165, 1.54) is 0 Å². The summed E-state index contributed by atoms with van der Waals surface area (Å²) in [6.07, 6.45) is 2.46. The Bertz CT molecular complexity index is 603. The van der Waals surface area contributed by atoms with Crippen LogP contribution in [-0.2, 0) is 14.3 Å². The molecule has 0 aromatic rings. The highest BCUT2D eigenvalue weighted by molar-refractivity contribution is 5.81. The van der Waals surface area contributed by atoms with Gasteiger partial charge in [0.2, 0.25) is 0 Å². The van der Waals surface area contributed by atoms with Crippen LogP contribution in [0.4, 0.5) is 22.4 Å². The van der Waals surface area contributed by atoms with E-state index in [-0.39, 0.29) is 13.1 Å². The van der Waals surface area contributed by atoms with Gasteiger partial charge in [-0.15, -0.1) is 4.39 Å². The quantitative estimate of drug-likeness (QED) is 0.0552. The number of hydrogen-bond donors (Lipinski definition) is 2. The highest BCUT2D eigenvalue weighted by atomic mass is 19.4. The number of halogens is 4. The number of ether oxygens (including phenoxy) is 1. The summed E-state index contributed by atoms with van der Waals surface area (Å²) in [5.41, 5.74) is 0. The van der Waals surface area contributed by atoms with Crippen molar-refractivity contribution in [3.05, 3.63) is 12.7 Å². The minimum atomic E-state index is -4.89. The van der Waals surface area contributed by atoms with Crippen LogP contribution in [0.25, 0.3) is 0 Å². The van der Waals surface area contributed by atoms with Gasteiger partial charge in [0.05, 0.1) is 33.3 Å². The first kappa shape index (κ1) is 30.8. The van der Waals surface area contributed by atoms with Crippen molar-refractivity contribution < 1.29 is 41.2 Å². The fourth-order valence-corrected chi connectivity index (χ4v) is 3.46. The predicted octanol–water partition coefficient (Wildman–Crippen LogP) is 4.03. The molecule has 0 fully saturated rings. The van der Waals surface area contributed by atoms with Crippen molar-refractivity contribution in [3.63, 3.8) is 0 Å². The Morgan fingerprint density at radius 1 is 0.848 bits per heavy atom. The summed E-state index contributed by atoms with van der Waals surface area (Å²) < 4.78 is 54.6. The van der Waals surface area contributed by atoms with Gasteiger partial charge in [0, 0.05) is 32.0 Å². The number of carbonyl (C=O) groups is 3. The predicted molar refractivity (Wildman–Crippen MR) is 117 cm³/mol. The number of alkyl halides is 3. The summed E-state index contributed by atoms with van der Waals surface area (Å²) in [7, 11) is 1.98. The highest BCUT2D eigenvalue weighted by Crippen LogP contribution is 2.15. The van der Waals surface area contributed by atoms with Crippen LogP contribution in [0.5, 0.6) is 0 Å². The fraction of sp³-hybridized carbons (Fsp3) is 0.773. The molecule has 11 heteroatoms. The van der Waals surface area contributed by atoms with Gasteiger partial charge in [0.15, 0.2) is 0 Å². The Balaban J connectivity index is 4.19. The molecule has 0 saturated heterocycles. The van der Waals surface area contributed by atoms with Crippen molar-refractivity contribution in [2.24, 2.45) is 0 Å². The van der Waals surface area contributed by atoms with E-state index in [0.717, 1.165) is 57.6 Å². The third kappa shape index (κ3) is 18.0. The van der Waals surface area contributed by atoms with Crippen LogP contribution >= 0.6 is 0 Å². The maximum absolute atomic E-state index is 12.3. The molecule has 0 aliphatic carbocycles. The van der Waals surface area contributed by atoms with Crippen molar-refractivity contribution in [1.29, 1.82) is 0 Å². The second-order valence-electron chi connectivity index (χ2n) is 8.30. The van der Waals surface area contributed by atoms with Crippen LogP contribution < -0.4 is 10.6 Å². The number of rotatable bonds is 19. The minimum absolute atomic E-state index is 0.0739. The first-order valence-electron chi connectivity index (χ1n) is 11.4. The lowest BCUT2D eigenvalue weighted by atomic mass is 10.1. The number of unbranched alkanes of at least 4 members (excludes halogenated alkanes) is 6. The lowest BCUT2D eigenvalue weighted by Gasteiger charge is -2.35. The smallest absolute Gasteiger partial charge is 0.463 e. The normalized spacial score (nSPS) is 13.1. The zero-order chi connectivity index (χ0) is 25.2. The van der Waals surface area contributed by atoms with Crippen molar-refractivity contribution in [2.75, 3.05) is 46.4 Å². The Kier molecular flexibility index (Phi) is 16.2. The molecule has 0 heterocycles. The summed E-state index contributed by atoms with van der Waals surface area (Å²) in [6, 6.07) is 0. The number of hydrogen-bond acceptors (Lipinski definition) is 4. The van der Waals surface area contributed by atoms with E-state index in [4.69, 9.17) is 4.74 Å². The minimum Gasteiger partial charge on any atom is -0.463 e. The second-order valence-corrected chi connectivity index (χ2v) is 8.30. The van der Waals surface area contributed by atoms with Crippen molar-refractivity contribution >= 4 is 18.0 Å². The van der Waals surface area contributed by atoms with Crippen LogP contribution in [0, 0.1) is 0 Å². The van der Waals surface area contributed by atoms with Gasteiger partial charge < -0.3 is 19.9 Å². The first-order chi connectivity index (χ1) is 15.5. The number of quaternary nitrogens is 1. The lowest BCUT2D eigenvalue weighted by molar-refractivity contribution is -0.910. The van der Waals surface area contributed by atoms with Crippen molar-refractivity contribution in [3.8, 4) is 0 Å². The molecule has 0 radical (unpaired) electrons. The van der Waals surface area contributed by atoms with Gasteiger partial charge in [-0.05, 0) is 19.3 Å². The zero-order valence-corrected chi connectivity index (χ0v) is 19.5. The maximum atomic E-state index is 12.3. The third-order valence-electron chi connectivity index (χ3n) is 5.31. The second kappa shape index (κ2) is 17.3. The molecule has 7 nitrogen and oxygen atoms in total. The molecule has 1 atom stereocenters. The lowest BCUT2D eigenvalue weighted by Crippen LogP contribution is -2.48. The van der Waals surface area contributed by atoms with E-state index in [0.29, 0.717) is 37.0 Å². The Labute approximate surface area is 193 Å². The summed E-state index contributed by atoms with van der Waals surface area (Å²) >= 11 is 0. The van der Waals surface area contributed by atoms with E-state index in [9.17, 15) is 31.9 Å². The van der Waals surface area contributed by atoms with Crippen LogP contribution in [0.1, 0.15) is 57.8 Å². The molecule has 1 unspecified atom stereocenters. The number of carbonyl (C=O) groups excluding carboxylic acids is 3. The van der Waals surface area contributed by atoms with Gasteiger partial charge in [-0.2, -0.15) is 13.2 Å². The Hall–Kier alpha value is -2.17. The molecule has 0 rings (SSSR count). The molecule has 0 spiro atoms. The van der Waals surface area contributed by atoms with Crippen LogP contribution in [0.2, 0.25) is 0 Å². The number of amides is 2. The molecule has 0 aromatic heterocycles. The molecule has 0 bridgehead atoms. The maximum Gasteiger partial charge on any atom is 0.471 e. The van der Waals surface area contributed by atoms with Gasteiger partial charge in [0.1, 0.15) is 0 Å². The number of esters is 1. The zero-order valence-electron chi connectivity index (χ0n) is 19.5. The van der Waals surface area contributed by atoms with Gasteiger partial charge in [0.25, 0.3) is 0 Å². The van der Waals surface area contributed by atoms with Crippen molar-refractivity contribution in [1.82, 2.24) is 10.6 Å². The monoisotopic (exact) mass is 484 g/mol. The van der Waals surface area contributed by atoms with Gasteiger partial charge >= 0.3 is 24.2 Å². The first-order valence-corrected chi connectivity index (χ1v) is 11.4. The van der Waals surface area contributed by atoms with Crippen LogP contribution in [0.3, 0.4) is 0 Å². The summed E-state index contributed by atoms with van der Waals surface area (Å²) in [6.45, 7) is 5.84. The molecule has 2 amide bonds.